The van der Waals surface area contributed by atoms with Gasteiger partial charge in [-0.3, -0.25) is 4.98 Å². The molecule has 0 aliphatic rings. The maximum Gasteiger partial charge on any atom is 0.102 e. The van der Waals surface area contributed by atoms with E-state index in [2.05, 4.69) is 11.1 Å². The molecule has 2 aromatic heterocycles. The predicted octanol–water partition coefficient (Wildman–Crippen LogP) is 3.77. The van der Waals surface area contributed by atoms with Crippen molar-refractivity contribution in [2.45, 2.75) is 0 Å². The smallest absolute Gasteiger partial charge is 0.102 e. The third-order valence-corrected chi connectivity index (χ3v) is 3.44. The molecule has 0 aliphatic heterocycles. The molecule has 0 atom stereocenters. The first-order valence-electron chi connectivity index (χ1n) is 5.81. The van der Waals surface area contributed by atoms with Crippen LogP contribution in [0.25, 0.3) is 22.2 Å². The number of nitrogens with zero attached hydrogens (tertiary/aromatic N) is 3. The van der Waals surface area contributed by atoms with E-state index in [-0.39, 0.29) is 0 Å². The highest BCUT2D eigenvalue weighted by Crippen LogP contribution is 2.33. The van der Waals surface area contributed by atoms with Crippen LogP contribution in [-0.4, -0.2) is 9.55 Å². The molecule has 2 heterocycles. The zero-order chi connectivity index (χ0) is 13.4. The molecule has 0 aliphatic carbocycles. The fraction of sp³-hybridized carbons (Fsp3) is 0.0667. The number of halogens is 1. The van der Waals surface area contributed by atoms with E-state index in [0.29, 0.717) is 10.6 Å². The highest BCUT2D eigenvalue weighted by molar-refractivity contribution is 6.31. The Morgan fingerprint density at radius 2 is 2.16 bits per heavy atom. The molecule has 3 aromatic rings. The van der Waals surface area contributed by atoms with E-state index in [1.54, 1.807) is 12.4 Å². The number of nitriles is 1. The first kappa shape index (κ1) is 11.8. The lowest BCUT2D eigenvalue weighted by molar-refractivity contribution is 0.975. The molecule has 0 N–H and O–H groups in total. The molecule has 0 unspecified atom stereocenters. The molecular weight excluding hydrogens is 258 g/mol. The van der Waals surface area contributed by atoms with Crippen molar-refractivity contribution in [2.75, 3.05) is 0 Å². The Bertz CT molecular complexity index is 798. The van der Waals surface area contributed by atoms with Crippen LogP contribution in [0.1, 0.15) is 5.56 Å². The fourth-order valence-electron chi connectivity index (χ4n) is 2.37. The van der Waals surface area contributed by atoms with E-state index in [1.807, 2.05) is 41.9 Å². The summed E-state index contributed by atoms with van der Waals surface area (Å²) in [6.45, 7) is 0. The van der Waals surface area contributed by atoms with Gasteiger partial charge in [-0.15, -0.1) is 0 Å². The van der Waals surface area contributed by atoms with Crippen molar-refractivity contribution in [3.63, 3.8) is 0 Å². The highest BCUT2D eigenvalue weighted by Gasteiger charge is 2.16. The van der Waals surface area contributed by atoms with Crippen LogP contribution in [-0.2, 0) is 7.05 Å². The minimum atomic E-state index is 0.632. The Balaban J connectivity index is 2.43. The van der Waals surface area contributed by atoms with Crippen LogP contribution >= 0.6 is 11.6 Å². The van der Waals surface area contributed by atoms with Crippen LogP contribution in [0.4, 0.5) is 0 Å². The Morgan fingerprint density at radius 3 is 2.84 bits per heavy atom. The van der Waals surface area contributed by atoms with Crippen LogP contribution in [0.3, 0.4) is 0 Å². The number of fused-ring (bicyclic) bond motifs is 1. The molecule has 3 nitrogen and oxygen atoms in total. The monoisotopic (exact) mass is 267 g/mol. The maximum absolute atomic E-state index is 9.46. The maximum atomic E-state index is 9.46. The SMILES string of the molecule is Cn1c(-c2cccnc2)c(C#N)c2cc(Cl)ccc21. The summed E-state index contributed by atoms with van der Waals surface area (Å²) in [6, 6.07) is 11.7. The molecule has 0 saturated carbocycles. The third-order valence-electron chi connectivity index (χ3n) is 3.21. The van der Waals surface area contributed by atoms with Crippen LogP contribution in [0, 0.1) is 11.3 Å². The average Bonchev–Trinajstić information content (AvgIpc) is 2.71. The van der Waals surface area contributed by atoms with Crippen molar-refractivity contribution >= 4 is 22.5 Å². The second kappa shape index (κ2) is 4.42. The van der Waals surface area contributed by atoms with Gasteiger partial charge in [-0.2, -0.15) is 5.26 Å². The van der Waals surface area contributed by atoms with Crippen molar-refractivity contribution < 1.29 is 0 Å². The minimum absolute atomic E-state index is 0.632. The van der Waals surface area contributed by atoms with Gasteiger partial charge in [0.2, 0.25) is 0 Å². The van der Waals surface area contributed by atoms with Gasteiger partial charge in [-0.1, -0.05) is 11.6 Å². The average molecular weight is 268 g/mol. The van der Waals surface area contributed by atoms with Crippen LogP contribution in [0.5, 0.6) is 0 Å². The topological polar surface area (TPSA) is 41.6 Å². The van der Waals surface area contributed by atoms with E-state index in [9.17, 15) is 5.26 Å². The summed E-state index contributed by atoms with van der Waals surface area (Å²) in [7, 11) is 1.94. The molecule has 0 saturated heterocycles. The second-order valence-electron chi connectivity index (χ2n) is 4.30. The van der Waals surface area contributed by atoms with Crippen molar-refractivity contribution in [1.29, 1.82) is 5.26 Å². The van der Waals surface area contributed by atoms with Gasteiger partial charge in [0.15, 0.2) is 0 Å². The number of hydrogen-bond donors (Lipinski definition) is 0. The number of pyridine rings is 1. The largest absolute Gasteiger partial charge is 0.342 e. The van der Waals surface area contributed by atoms with Gasteiger partial charge in [0.25, 0.3) is 0 Å². The number of rotatable bonds is 1. The predicted molar refractivity (Wildman–Crippen MR) is 75.9 cm³/mol. The van der Waals surface area contributed by atoms with Gasteiger partial charge in [0, 0.05) is 40.9 Å². The molecule has 0 fully saturated rings. The Labute approximate surface area is 115 Å². The first-order chi connectivity index (χ1) is 9.22. The molecule has 0 bridgehead atoms. The van der Waals surface area contributed by atoms with E-state index in [4.69, 9.17) is 11.6 Å². The molecule has 0 radical (unpaired) electrons. The van der Waals surface area contributed by atoms with Crippen LogP contribution in [0.2, 0.25) is 5.02 Å². The molecule has 1 aromatic carbocycles. The van der Waals surface area contributed by atoms with Crippen molar-refractivity contribution in [1.82, 2.24) is 9.55 Å². The third kappa shape index (κ3) is 1.78. The van der Waals surface area contributed by atoms with Gasteiger partial charge in [-0.25, -0.2) is 0 Å². The lowest BCUT2D eigenvalue weighted by atomic mass is 10.1. The number of hydrogen-bond acceptors (Lipinski definition) is 2. The number of aryl methyl sites for hydroxylation is 1. The number of benzene rings is 1. The Morgan fingerprint density at radius 1 is 1.32 bits per heavy atom. The summed E-state index contributed by atoms with van der Waals surface area (Å²) in [5.41, 5.74) is 3.41. The van der Waals surface area contributed by atoms with Crippen LogP contribution < -0.4 is 0 Å². The van der Waals surface area contributed by atoms with Crippen molar-refractivity contribution in [3.8, 4) is 17.3 Å². The molecule has 0 amide bonds. The lowest BCUT2D eigenvalue weighted by Crippen LogP contribution is -1.92. The van der Waals surface area contributed by atoms with E-state index < -0.39 is 0 Å². The summed E-state index contributed by atoms with van der Waals surface area (Å²) in [4.78, 5) is 4.12. The highest BCUT2D eigenvalue weighted by atomic mass is 35.5. The van der Waals surface area contributed by atoms with Gasteiger partial charge in [0.1, 0.15) is 6.07 Å². The fourth-order valence-corrected chi connectivity index (χ4v) is 2.54. The van der Waals surface area contributed by atoms with Crippen LogP contribution in [0.15, 0.2) is 42.7 Å². The first-order valence-corrected chi connectivity index (χ1v) is 6.18. The summed E-state index contributed by atoms with van der Waals surface area (Å²) in [5.74, 6) is 0. The molecule has 4 heteroatoms. The van der Waals surface area contributed by atoms with Gasteiger partial charge in [-0.05, 0) is 30.3 Å². The zero-order valence-corrected chi connectivity index (χ0v) is 11.0. The van der Waals surface area contributed by atoms with E-state index in [1.165, 1.54) is 0 Å². The van der Waals surface area contributed by atoms with E-state index in [0.717, 1.165) is 22.2 Å². The van der Waals surface area contributed by atoms with E-state index >= 15 is 0 Å². The Hall–Kier alpha value is -2.31. The molecule has 19 heavy (non-hydrogen) atoms. The normalized spacial score (nSPS) is 10.6. The molecular formula is C15H10ClN3. The molecule has 0 spiro atoms. The van der Waals surface area contributed by atoms with Crippen molar-refractivity contribution in [3.05, 3.63) is 53.3 Å². The summed E-state index contributed by atoms with van der Waals surface area (Å²) < 4.78 is 2.00. The zero-order valence-electron chi connectivity index (χ0n) is 10.3. The molecule has 92 valence electrons. The standard InChI is InChI=1S/C15H10ClN3/c1-19-14-5-4-11(16)7-12(14)13(8-17)15(19)10-3-2-6-18-9-10/h2-7,9H,1H3. The number of aromatic nitrogens is 2. The molecule has 3 rings (SSSR count). The Kier molecular flexibility index (Phi) is 2.73. The second-order valence-corrected chi connectivity index (χ2v) is 4.73. The van der Waals surface area contributed by atoms with Crippen molar-refractivity contribution in [2.24, 2.45) is 7.05 Å². The summed E-state index contributed by atoms with van der Waals surface area (Å²) in [6.07, 6.45) is 3.48. The van der Waals surface area contributed by atoms with Gasteiger partial charge >= 0.3 is 0 Å². The lowest BCUT2D eigenvalue weighted by Gasteiger charge is -2.04. The minimum Gasteiger partial charge on any atom is -0.342 e. The van der Waals surface area contributed by atoms with Gasteiger partial charge < -0.3 is 4.57 Å². The summed E-state index contributed by atoms with van der Waals surface area (Å²) >= 11 is 6.02. The van der Waals surface area contributed by atoms with Gasteiger partial charge in [0.05, 0.1) is 11.3 Å². The summed E-state index contributed by atoms with van der Waals surface area (Å²) in [5, 5.41) is 11.0. The quantitative estimate of drug-likeness (QED) is 0.673.